The highest BCUT2D eigenvalue weighted by atomic mass is 16.5. The summed E-state index contributed by atoms with van der Waals surface area (Å²) in [5, 5.41) is 10.1. The maximum absolute atomic E-state index is 11.7. The van der Waals surface area contributed by atoms with Gasteiger partial charge in [-0.1, -0.05) is 26.2 Å². The molecule has 0 bridgehead atoms. The van der Waals surface area contributed by atoms with E-state index in [1.54, 1.807) is 18.2 Å². The van der Waals surface area contributed by atoms with Crippen molar-refractivity contribution in [3.8, 4) is 11.5 Å². The van der Waals surface area contributed by atoms with E-state index in [1.165, 1.54) is 12.5 Å². The Kier molecular flexibility index (Phi) is 4.44. The number of aromatic hydroxyl groups is 1. The average Bonchev–Trinajstić information content (AvgIpc) is 2.39. The molecule has 0 saturated heterocycles. The number of benzene rings is 1. The number of ether oxygens (including phenoxy) is 1. The summed E-state index contributed by atoms with van der Waals surface area (Å²) in [7, 11) is 0. The topological polar surface area (TPSA) is 59.7 Å². The fourth-order valence-corrected chi connectivity index (χ4v) is 1.90. The van der Waals surface area contributed by atoms with E-state index in [2.05, 4.69) is 6.92 Å². The van der Waals surface area contributed by atoms with Gasteiger partial charge in [0.2, 0.25) is 5.75 Å². The van der Waals surface area contributed by atoms with Crippen LogP contribution in [0.3, 0.4) is 0 Å². The SMILES string of the molecule is CCCCCCOc1cc2cc(O)ccc2oc1=O. The van der Waals surface area contributed by atoms with Gasteiger partial charge in [-0.2, -0.15) is 0 Å². The number of hydrogen-bond acceptors (Lipinski definition) is 4. The van der Waals surface area contributed by atoms with E-state index in [4.69, 9.17) is 9.15 Å². The Hall–Kier alpha value is -1.97. The van der Waals surface area contributed by atoms with E-state index in [1.807, 2.05) is 0 Å². The summed E-state index contributed by atoms with van der Waals surface area (Å²) in [5.41, 5.74) is -0.0326. The van der Waals surface area contributed by atoms with Crippen LogP contribution in [0.15, 0.2) is 33.5 Å². The third-order valence-electron chi connectivity index (χ3n) is 2.94. The molecular formula is C15H18O4. The Morgan fingerprint density at radius 1 is 1.21 bits per heavy atom. The van der Waals surface area contributed by atoms with Gasteiger partial charge in [0.05, 0.1) is 6.61 Å². The molecule has 0 radical (unpaired) electrons. The van der Waals surface area contributed by atoms with Crippen LogP contribution in [-0.4, -0.2) is 11.7 Å². The fourth-order valence-electron chi connectivity index (χ4n) is 1.90. The lowest BCUT2D eigenvalue weighted by Gasteiger charge is -2.05. The Labute approximate surface area is 111 Å². The summed E-state index contributed by atoms with van der Waals surface area (Å²) in [6, 6.07) is 6.20. The molecule has 0 fully saturated rings. The minimum atomic E-state index is -0.478. The number of fused-ring (bicyclic) bond motifs is 1. The number of phenolic OH excluding ortho intramolecular Hbond substituents is 1. The largest absolute Gasteiger partial charge is 0.508 e. The molecule has 102 valence electrons. The quantitative estimate of drug-likeness (QED) is 0.639. The molecule has 0 unspecified atom stereocenters. The summed E-state index contributed by atoms with van der Waals surface area (Å²) in [4.78, 5) is 11.7. The molecule has 1 N–H and O–H groups in total. The van der Waals surface area contributed by atoms with E-state index in [9.17, 15) is 9.90 Å². The maximum atomic E-state index is 11.7. The molecule has 0 amide bonds. The minimum Gasteiger partial charge on any atom is -0.508 e. The molecule has 4 nitrogen and oxygen atoms in total. The van der Waals surface area contributed by atoms with E-state index in [-0.39, 0.29) is 11.5 Å². The van der Waals surface area contributed by atoms with Gasteiger partial charge in [0, 0.05) is 5.39 Å². The van der Waals surface area contributed by atoms with Crippen molar-refractivity contribution in [3.05, 3.63) is 34.7 Å². The molecule has 0 spiro atoms. The first-order valence-corrected chi connectivity index (χ1v) is 6.60. The van der Waals surface area contributed by atoms with Crippen molar-refractivity contribution in [1.29, 1.82) is 0 Å². The molecule has 0 aliphatic rings. The standard InChI is InChI=1S/C15H18O4/c1-2-3-4-5-8-18-14-10-11-9-12(16)6-7-13(11)19-15(14)17/h6-7,9-10,16H,2-5,8H2,1H3. The first kappa shape index (κ1) is 13.5. The summed E-state index contributed by atoms with van der Waals surface area (Å²) >= 11 is 0. The van der Waals surface area contributed by atoms with Crippen molar-refractivity contribution in [3.63, 3.8) is 0 Å². The van der Waals surface area contributed by atoms with Crippen LogP contribution < -0.4 is 10.4 Å². The molecule has 19 heavy (non-hydrogen) atoms. The number of rotatable bonds is 6. The van der Waals surface area contributed by atoms with Crippen molar-refractivity contribution < 1.29 is 14.3 Å². The Balaban J connectivity index is 2.10. The van der Waals surface area contributed by atoms with Crippen LogP contribution in [0.25, 0.3) is 11.0 Å². The van der Waals surface area contributed by atoms with Gasteiger partial charge in [-0.15, -0.1) is 0 Å². The van der Waals surface area contributed by atoms with Crippen molar-refractivity contribution >= 4 is 11.0 Å². The van der Waals surface area contributed by atoms with Gasteiger partial charge in [0.25, 0.3) is 0 Å². The molecule has 1 aromatic heterocycles. The number of phenols is 1. The molecule has 0 aliphatic carbocycles. The molecule has 4 heteroatoms. The predicted molar refractivity (Wildman–Crippen MR) is 73.8 cm³/mol. The van der Waals surface area contributed by atoms with Gasteiger partial charge in [0.1, 0.15) is 11.3 Å². The lowest BCUT2D eigenvalue weighted by atomic mass is 10.2. The van der Waals surface area contributed by atoms with Crippen LogP contribution in [0.1, 0.15) is 32.6 Å². The van der Waals surface area contributed by atoms with Crippen molar-refractivity contribution in [1.82, 2.24) is 0 Å². The molecular weight excluding hydrogens is 244 g/mol. The van der Waals surface area contributed by atoms with Crippen LogP contribution >= 0.6 is 0 Å². The molecule has 2 rings (SSSR count). The third-order valence-corrected chi connectivity index (χ3v) is 2.94. The third kappa shape index (κ3) is 3.50. The summed E-state index contributed by atoms with van der Waals surface area (Å²) in [5.74, 6) is 0.338. The lowest BCUT2D eigenvalue weighted by molar-refractivity contribution is 0.291. The van der Waals surface area contributed by atoms with E-state index in [0.717, 1.165) is 19.3 Å². The second-order valence-corrected chi connectivity index (χ2v) is 4.53. The highest BCUT2D eigenvalue weighted by molar-refractivity contribution is 5.79. The van der Waals surface area contributed by atoms with Crippen molar-refractivity contribution in [2.75, 3.05) is 6.61 Å². The van der Waals surface area contributed by atoms with Gasteiger partial charge >= 0.3 is 5.63 Å². The molecule has 0 atom stereocenters. The van der Waals surface area contributed by atoms with E-state index >= 15 is 0 Å². The van der Waals surface area contributed by atoms with Crippen LogP contribution in [0, 0.1) is 0 Å². The molecule has 0 aliphatic heterocycles. The average molecular weight is 262 g/mol. The van der Waals surface area contributed by atoms with Gasteiger partial charge in [-0.05, 0) is 30.7 Å². The zero-order chi connectivity index (χ0) is 13.7. The minimum absolute atomic E-state index is 0.134. The second-order valence-electron chi connectivity index (χ2n) is 4.53. The van der Waals surface area contributed by atoms with Crippen LogP contribution in [0.4, 0.5) is 0 Å². The summed E-state index contributed by atoms with van der Waals surface area (Å²) in [6.45, 7) is 2.65. The number of hydrogen-bond donors (Lipinski definition) is 1. The molecule has 1 heterocycles. The lowest BCUT2D eigenvalue weighted by Crippen LogP contribution is -2.07. The van der Waals surface area contributed by atoms with Gasteiger partial charge in [0.15, 0.2) is 0 Å². The van der Waals surface area contributed by atoms with Crippen molar-refractivity contribution in [2.45, 2.75) is 32.6 Å². The highest BCUT2D eigenvalue weighted by Crippen LogP contribution is 2.21. The number of unbranched alkanes of at least 4 members (excludes halogenated alkanes) is 3. The van der Waals surface area contributed by atoms with Gasteiger partial charge < -0.3 is 14.3 Å². The fraction of sp³-hybridized carbons (Fsp3) is 0.400. The maximum Gasteiger partial charge on any atom is 0.379 e. The van der Waals surface area contributed by atoms with Gasteiger partial charge in [-0.25, -0.2) is 4.79 Å². The monoisotopic (exact) mass is 262 g/mol. The van der Waals surface area contributed by atoms with Crippen LogP contribution in [-0.2, 0) is 0 Å². The molecule has 1 aromatic carbocycles. The zero-order valence-electron chi connectivity index (χ0n) is 11.0. The molecule has 2 aromatic rings. The van der Waals surface area contributed by atoms with Crippen molar-refractivity contribution in [2.24, 2.45) is 0 Å². The summed E-state index contributed by atoms with van der Waals surface area (Å²) < 4.78 is 10.6. The highest BCUT2D eigenvalue weighted by Gasteiger charge is 2.06. The van der Waals surface area contributed by atoms with E-state index < -0.39 is 5.63 Å². The Morgan fingerprint density at radius 2 is 2.05 bits per heavy atom. The smallest absolute Gasteiger partial charge is 0.379 e. The van der Waals surface area contributed by atoms with Crippen LogP contribution in [0.5, 0.6) is 11.5 Å². The Morgan fingerprint density at radius 3 is 2.84 bits per heavy atom. The predicted octanol–water partition coefficient (Wildman–Crippen LogP) is 3.46. The van der Waals surface area contributed by atoms with E-state index in [0.29, 0.717) is 17.6 Å². The van der Waals surface area contributed by atoms with Gasteiger partial charge in [-0.3, -0.25) is 0 Å². The molecule has 0 saturated carbocycles. The second kappa shape index (κ2) is 6.27. The zero-order valence-corrected chi connectivity index (χ0v) is 11.0. The van der Waals surface area contributed by atoms with Crippen LogP contribution in [0.2, 0.25) is 0 Å². The Bertz CT molecular complexity index is 601. The first-order valence-electron chi connectivity index (χ1n) is 6.60. The summed E-state index contributed by atoms with van der Waals surface area (Å²) in [6.07, 6.45) is 4.35. The normalized spacial score (nSPS) is 10.8. The first-order chi connectivity index (χ1) is 9.20.